The van der Waals surface area contributed by atoms with Crippen molar-refractivity contribution in [1.82, 2.24) is 19.7 Å². The van der Waals surface area contributed by atoms with Crippen LogP contribution in [0.5, 0.6) is 5.75 Å². The Labute approximate surface area is 154 Å². The summed E-state index contributed by atoms with van der Waals surface area (Å²) in [6.45, 7) is 5.87. The Bertz CT molecular complexity index is 881. The van der Waals surface area contributed by atoms with Gasteiger partial charge in [0.05, 0.1) is 12.3 Å². The predicted molar refractivity (Wildman–Crippen MR) is 103 cm³/mol. The van der Waals surface area contributed by atoms with Crippen molar-refractivity contribution in [2.24, 2.45) is 7.05 Å². The third kappa shape index (κ3) is 3.31. The molecule has 3 heterocycles. The zero-order chi connectivity index (χ0) is 17.9. The molecule has 0 aliphatic carbocycles. The molecule has 0 saturated carbocycles. The lowest BCUT2D eigenvalue weighted by Gasteiger charge is -2.31. The summed E-state index contributed by atoms with van der Waals surface area (Å²) in [5.74, 6) is 1.53. The zero-order valence-corrected chi connectivity index (χ0v) is 15.6. The van der Waals surface area contributed by atoms with E-state index in [1.807, 2.05) is 37.0 Å². The van der Waals surface area contributed by atoms with Gasteiger partial charge in [-0.05, 0) is 51.1 Å². The molecule has 5 heteroatoms. The Balaban J connectivity index is 1.44. The van der Waals surface area contributed by atoms with E-state index in [-0.39, 0.29) is 0 Å². The largest absolute Gasteiger partial charge is 0.494 e. The maximum Gasteiger partial charge on any atom is 0.157 e. The Morgan fingerprint density at radius 2 is 1.92 bits per heavy atom. The number of aryl methyl sites for hydroxylation is 1. The molecule has 1 aliphatic heterocycles. The highest BCUT2D eigenvalue weighted by Crippen LogP contribution is 2.32. The second kappa shape index (κ2) is 7.46. The molecule has 0 unspecified atom stereocenters. The van der Waals surface area contributed by atoms with Crippen LogP contribution in [-0.2, 0) is 13.6 Å². The summed E-state index contributed by atoms with van der Waals surface area (Å²) in [5.41, 5.74) is 3.47. The summed E-state index contributed by atoms with van der Waals surface area (Å²) in [4.78, 5) is 7.00. The molecule has 1 saturated heterocycles. The standard InChI is InChI=1S/C21H26N4O/c1-3-26-19-9-5-4-7-17(19)15-25-13-10-16(11-14-25)20-18-8-6-12-22-21(18)24(2)23-20/h4-9,12,16H,3,10-11,13-15H2,1-2H3. The molecule has 0 atom stereocenters. The van der Waals surface area contributed by atoms with Crippen LogP contribution in [0.4, 0.5) is 0 Å². The molecule has 1 aliphatic rings. The van der Waals surface area contributed by atoms with Crippen LogP contribution in [0.1, 0.15) is 36.9 Å². The first-order chi connectivity index (χ1) is 12.8. The quantitative estimate of drug-likeness (QED) is 0.703. The molecule has 5 nitrogen and oxygen atoms in total. The number of nitrogens with zero attached hydrogens (tertiary/aromatic N) is 4. The van der Waals surface area contributed by atoms with Gasteiger partial charge in [0, 0.05) is 36.7 Å². The first kappa shape index (κ1) is 17.0. The summed E-state index contributed by atoms with van der Waals surface area (Å²) in [7, 11) is 1.98. The molecule has 1 fully saturated rings. The van der Waals surface area contributed by atoms with Crippen LogP contribution in [0.15, 0.2) is 42.6 Å². The minimum Gasteiger partial charge on any atom is -0.494 e. The van der Waals surface area contributed by atoms with Crippen LogP contribution in [-0.4, -0.2) is 39.4 Å². The van der Waals surface area contributed by atoms with Gasteiger partial charge in [-0.1, -0.05) is 18.2 Å². The molecule has 136 valence electrons. The van der Waals surface area contributed by atoms with Crippen molar-refractivity contribution in [2.75, 3.05) is 19.7 Å². The van der Waals surface area contributed by atoms with Crippen LogP contribution < -0.4 is 4.74 Å². The molecule has 1 aromatic carbocycles. The first-order valence-electron chi connectivity index (χ1n) is 9.47. The van der Waals surface area contributed by atoms with Crippen molar-refractivity contribution in [1.29, 1.82) is 0 Å². The molecule has 0 bridgehead atoms. The smallest absolute Gasteiger partial charge is 0.157 e. The molecule has 3 aromatic rings. The SMILES string of the molecule is CCOc1ccccc1CN1CCC(c2nn(C)c3ncccc23)CC1. The molecule has 0 N–H and O–H groups in total. The summed E-state index contributed by atoms with van der Waals surface area (Å²) < 4.78 is 7.69. The van der Waals surface area contributed by atoms with E-state index in [1.165, 1.54) is 16.6 Å². The Kier molecular flexibility index (Phi) is 4.89. The fourth-order valence-corrected chi connectivity index (χ4v) is 3.96. The fourth-order valence-electron chi connectivity index (χ4n) is 3.96. The Morgan fingerprint density at radius 3 is 2.73 bits per heavy atom. The third-order valence-corrected chi connectivity index (χ3v) is 5.27. The number of piperidine rings is 1. The Morgan fingerprint density at radius 1 is 1.12 bits per heavy atom. The molecule has 0 radical (unpaired) electrons. The van der Waals surface area contributed by atoms with Gasteiger partial charge in [-0.2, -0.15) is 5.10 Å². The van der Waals surface area contributed by atoms with Gasteiger partial charge >= 0.3 is 0 Å². The van der Waals surface area contributed by atoms with Crippen molar-refractivity contribution < 1.29 is 4.74 Å². The monoisotopic (exact) mass is 350 g/mol. The minimum atomic E-state index is 0.515. The average molecular weight is 350 g/mol. The van der Waals surface area contributed by atoms with Gasteiger partial charge in [0.2, 0.25) is 0 Å². The molecule has 0 amide bonds. The molecule has 2 aromatic heterocycles. The highest BCUT2D eigenvalue weighted by molar-refractivity contribution is 5.78. The van der Waals surface area contributed by atoms with Crippen molar-refractivity contribution in [3.63, 3.8) is 0 Å². The summed E-state index contributed by atoms with van der Waals surface area (Å²) in [5, 5.41) is 5.98. The van der Waals surface area contributed by atoms with Gasteiger partial charge in [0.25, 0.3) is 0 Å². The lowest BCUT2D eigenvalue weighted by atomic mass is 9.92. The van der Waals surface area contributed by atoms with E-state index in [4.69, 9.17) is 9.84 Å². The van der Waals surface area contributed by atoms with Gasteiger partial charge in [-0.3, -0.25) is 9.58 Å². The van der Waals surface area contributed by atoms with E-state index in [0.29, 0.717) is 12.5 Å². The summed E-state index contributed by atoms with van der Waals surface area (Å²) >= 11 is 0. The lowest BCUT2D eigenvalue weighted by molar-refractivity contribution is 0.200. The maximum atomic E-state index is 5.77. The van der Waals surface area contributed by atoms with Gasteiger partial charge in [-0.15, -0.1) is 0 Å². The zero-order valence-electron chi connectivity index (χ0n) is 15.6. The Hall–Kier alpha value is -2.40. The van der Waals surface area contributed by atoms with Gasteiger partial charge < -0.3 is 4.74 Å². The van der Waals surface area contributed by atoms with E-state index in [9.17, 15) is 0 Å². The average Bonchev–Trinajstić information content (AvgIpc) is 3.01. The molecule has 4 rings (SSSR count). The van der Waals surface area contributed by atoms with Crippen LogP contribution in [0.2, 0.25) is 0 Å². The van der Waals surface area contributed by atoms with Crippen LogP contribution in [0.25, 0.3) is 11.0 Å². The number of ether oxygens (including phenoxy) is 1. The van der Waals surface area contributed by atoms with Crippen LogP contribution >= 0.6 is 0 Å². The normalized spacial score (nSPS) is 16.2. The van der Waals surface area contributed by atoms with Crippen molar-refractivity contribution in [3.8, 4) is 5.75 Å². The lowest BCUT2D eigenvalue weighted by Crippen LogP contribution is -2.32. The number of pyridine rings is 1. The highest BCUT2D eigenvalue weighted by Gasteiger charge is 2.25. The minimum absolute atomic E-state index is 0.515. The topological polar surface area (TPSA) is 43.2 Å². The second-order valence-electron chi connectivity index (χ2n) is 6.97. The predicted octanol–water partition coefficient (Wildman–Crippen LogP) is 3.75. The molecule has 0 spiro atoms. The number of likely N-dealkylation sites (tertiary alicyclic amines) is 1. The van der Waals surface area contributed by atoms with Gasteiger partial charge in [-0.25, -0.2) is 4.98 Å². The van der Waals surface area contributed by atoms with E-state index in [2.05, 4.69) is 34.1 Å². The second-order valence-corrected chi connectivity index (χ2v) is 6.97. The fraction of sp³-hybridized carbons (Fsp3) is 0.429. The van der Waals surface area contributed by atoms with E-state index < -0.39 is 0 Å². The maximum absolute atomic E-state index is 5.77. The number of fused-ring (bicyclic) bond motifs is 1. The number of aromatic nitrogens is 3. The van der Waals surface area contributed by atoms with Crippen molar-refractivity contribution in [3.05, 3.63) is 53.9 Å². The van der Waals surface area contributed by atoms with Crippen molar-refractivity contribution in [2.45, 2.75) is 32.2 Å². The van der Waals surface area contributed by atoms with Gasteiger partial charge in [0.15, 0.2) is 5.65 Å². The van der Waals surface area contributed by atoms with E-state index in [0.717, 1.165) is 43.9 Å². The number of para-hydroxylation sites is 1. The van der Waals surface area contributed by atoms with Crippen LogP contribution in [0.3, 0.4) is 0 Å². The molecule has 26 heavy (non-hydrogen) atoms. The van der Waals surface area contributed by atoms with Crippen LogP contribution in [0, 0.1) is 0 Å². The third-order valence-electron chi connectivity index (χ3n) is 5.27. The van der Waals surface area contributed by atoms with E-state index in [1.54, 1.807) is 0 Å². The number of rotatable bonds is 5. The van der Waals surface area contributed by atoms with Crippen molar-refractivity contribution >= 4 is 11.0 Å². The van der Waals surface area contributed by atoms with E-state index >= 15 is 0 Å². The molecular formula is C21H26N4O. The van der Waals surface area contributed by atoms with Gasteiger partial charge in [0.1, 0.15) is 5.75 Å². The number of hydrogen-bond acceptors (Lipinski definition) is 4. The highest BCUT2D eigenvalue weighted by atomic mass is 16.5. The summed E-state index contributed by atoms with van der Waals surface area (Å²) in [6.07, 6.45) is 4.11. The first-order valence-corrected chi connectivity index (χ1v) is 9.47. The summed E-state index contributed by atoms with van der Waals surface area (Å²) in [6, 6.07) is 12.5. The number of hydrogen-bond donors (Lipinski definition) is 0. The molecular weight excluding hydrogens is 324 g/mol. The number of benzene rings is 1.